The van der Waals surface area contributed by atoms with E-state index in [1.165, 1.54) is 17.5 Å². The summed E-state index contributed by atoms with van der Waals surface area (Å²) >= 11 is 6.31. The van der Waals surface area contributed by atoms with Gasteiger partial charge in [0.2, 0.25) is 0 Å². The van der Waals surface area contributed by atoms with Crippen LogP contribution in [0.2, 0.25) is 5.02 Å². The number of ether oxygens (including phenoxy) is 1. The molecule has 1 aromatic carbocycles. The van der Waals surface area contributed by atoms with Crippen molar-refractivity contribution in [3.63, 3.8) is 0 Å². The molecule has 2 rings (SSSR count). The number of benzene rings is 1. The Bertz CT molecular complexity index is 397. The molecule has 0 spiro atoms. The minimum atomic E-state index is 0.428. The second-order valence-electron chi connectivity index (χ2n) is 4.97. The maximum absolute atomic E-state index is 6.31. The maximum Gasteiger partial charge on any atom is 0.140 e. The van der Waals surface area contributed by atoms with Crippen LogP contribution >= 0.6 is 11.6 Å². The van der Waals surface area contributed by atoms with E-state index in [9.17, 15) is 0 Å². The molecule has 94 valence electrons. The zero-order chi connectivity index (χ0) is 12.4. The number of hydrogen-bond donors (Lipinski definition) is 1. The molecule has 1 fully saturated rings. The molecule has 0 saturated carbocycles. The molecule has 1 atom stereocenters. The topological polar surface area (TPSA) is 21.3 Å². The van der Waals surface area contributed by atoms with E-state index < -0.39 is 0 Å². The van der Waals surface area contributed by atoms with Crippen molar-refractivity contribution >= 4 is 11.6 Å². The summed E-state index contributed by atoms with van der Waals surface area (Å²) in [5.74, 6) is 1.85. The predicted octanol–water partition coefficient (Wildman–Crippen LogP) is 3.55. The molecule has 0 aliphatic carbocycles. The molecule has 2 nitrogen and oxygen atoms in total. The Labute approximate surface area is 108 Å². The zero-order valence-electron chi connectivity index (χ0n) is 10.7. The summed E-state index contributed by atoms with van der Waals surface area (Å²) in [6.45, 7) is 6.50. The Morgan fingerprint density at radius 1 is 1.41 bits per heavy atom. The van der Waals surface area contributed by atoms with Crippen LogP contribution in [0.3, 0.4) is 0 Å². The second kappa shape index (κ2) is 5.28. The highest BCUT2D eigenvalue weighted by molar-refractivity contribution is 6.32. The van der Waals surface area contributed by atoms with Gasteiger partial charge in [-0.2, -0.15) is 0 Å². The first kappa shape index (κ1) is 12.7. The zero-order valence-corrected chi connectivity index (χ0v) is 11.5. The van der Waals surface area contributed by atoms with Gasteiger partial charge < -0.3 is 10.1 Å². The summed E-state index contributed by atoms with van der Waals surface area (Å²) in [5, 5.41) is 4.13. The summed E-state index contributed by atoms with van der Waals surface area (Å²) in [6, 6.07) is 4.32. The van der Waals surface area contributed by atoms with Crippen LogP contribution in [0, 0.1) is 0 Å². The van der Waals surface area contributed by atoms with E-state index in [1.807, 2.05) is 0 Å². The monoisotopic (exact) mass is 253 g/mol. The molecule has 0 amide bonds. The Balaban J connectivity index is 2.41. The molecular formula is C14H20ClNO. The molecule has 1 aliphatic heterocycles. The Kier molecular flexibility index (Phi) is 3.95. The van der Waals surface area contributed by atoms with Crippen molar-refractivity contribution < 1.29 is 4.74 Å². The molecule has 1 N–H and O–H groups in total. The van der Waals surface area contributed by atoms with Gasteiger partial charge in [-0.15, -0.1) is 0 Å². The fourth-order valence-corrected chi connectivity index (χ4v) is 2.77. The molecular weight excluding hydrogens is 234 g/mol. The fraction of sp³-hybridized carbons (Fsp3) is 0.571. The minimum Gasteiger partial charge on any atom is -0.495 e. The third kappa shape index (κ3) is 2.58. The lowest BCUT2D eigenvalue weighted by atomic mass is 9.92. The average Bonchev–Trinajstić information content (AvgIpc) is 2.81. The van der Waals surface area contributed by atoms with Crippen molar-refractivity contribution in [2.24, 2.45) is 0 Å². The molecule has 1 unspecified atom stereocenters. The van der Waals surface area contributed by atoms with Crippen molar-refractivity contribution in [3.8, 4) is 5.75 Å². The highest BCUT2D eigenvalue weighted by Crippen LogP contribution is 2.37. The van der Waals surface area contributed by atoms with Gasteiger partial charge in [0, 0.05) is 6.54 Å². The lowest BCUT2D eigenvalue weighted by Crippen LogP contribution is -2.08. The highest BCUT2D eigenvalue weighted by atomic mass is 35.5. The highest BCUT2D eigenvalue weighted by Gasteiger charge is 2.20. The van der Waals surface area contributed by atoms with E-state index in [0.29, 0.717) is 11.8 Å². The first-order chi connectivity index (χ1) is 8.13. The van der Waals surface area contributed by atoms with E-state index in [4.69, 9.17) is 16.3 Å². The molecule has 0 bridgehead atoms. The minimum absolute atomic E-state index is 0.428. The van der Waals surface area contributed by atoms with E-state index in [2.05, 4.69) is 31.3 Å². The van der Waals surface area contributed by atoms with E-state index >= 15 is 0 Å². The SMILES string of the molecule is COc1c(Cl)cc(C2CCNC2)cc1C(C)C. The van der Waals surface area contributed by atoms with Crippen LogP contribution in [0.5, 0.6) is 5.75 Å². The van der Waals surface area contributed by atoms with Gasteiger partial charge >= 0.3 is 0 Å². The van der Waals surface area contributed by atoms with Gasteiger partial charge in [0.05, 0.1) is 12.1 Å². The van der Waals surface area contributed by atoms with Gasteiger partial charge in [0.25, 0.3) is 0 Å². The summed E-state index contributed by atoms with van der Waals surface area (Å²) in [5.41, 5.74) is 2.55. The fourth-order valence-electron chi connectivity index (χ4n) is 2.46. The van der Waals surface area contributed by atoms with Crippen molar-refractivity contribution in [1.82, 2.24) is 5.32 Å². The third-order valence-electron chi connectivity index (χ3n) is 3.45. The van der Waals surface area contributed by atoms with E-state index in [1.54, 1.807) is 7.11 Å². The molecule has 1 heterocycles. The van der Waals surface area contributed by atoms with Crippen molar-refractivity contribution in [2.75, 3.05) is 20.2 Å². The second-order valence-corrected chi connectivity index (χ2v) is 5.38. The summed E-state index contributed by atoms with van der Waals surface area (Å²) in [4.78, 5) is 0. The Morgan fingerprint density at radius 3 is 2.71 bits per heavy atom. The van der Waals surface area contributed by atoms with E-state index in [-0.39, 0.29) is 0 Å². The van der Waals surface area contributed by atoms with Crippen LogP contribution in [0.4, 0.5) is 0 Å². The first-order valence-electron chi connectivity index (χ1n) is 6.21. The van der Waals surface area contributed by atoms with Gasteiger partial charge in [-0.3, -0.25) is 0 Å². The van der Waals surface area contributed by atoms with Crippen LogP contribution < -0.4 is 10.1 Å². The average molecular weight is 254 g/mol. The number of nitrogens with one attached hydrogen (secondary N) is 1. The normalized spacial score (nSPS) is 19.9. The number of methoxy groups -OCH3 is 1. The molecule has 0 radical (unpaired) electrons. The summed E-state index contributed by atoms with van der Waals surface area (Å²) in [7, 11) is 1.68. The van der Waals surface area contributed by atoms with Gasteiger partial charge in [-0.1, -0.05) is 31.5 Å². The number of hydrogen-bond acceptors (Lipinski definition) is 2. The molecule has 0 aromatic heterocycles. The number of rotatable bonds is 3. The number of halogens is 1. The molecule has 1 aliphatic rings. The van der Waals surface area contributed by atoms with Crippen LogP contribution in [-0.4, -0.2) is 20.2 Å². The standard InChI is InChI=1S/C14H20ClNO/c1-9(2)12-6-11(10-4-5-16-8-10)7-13(15)14(12)17-3/h6-7,9-10,16H,4-5,8H2,1-3H3. The third-order valence-corrected chi connectivity index (χ3v) is 3.73. The lowest BCUT2D eigenvalue weighted by molar-refractivity contribution is 0.407. The van der Waals surface area contributed by atoms with Gasteiger partial charge in [0.15, 0.2) is 0 Å². The summed E-state index contributed by atoms with van der Waals surface area (Å²) in [6.07, 6.45) is 1.19. The van der Waals surface area contributed by atoms with Crippen LogP contribution in [-0.2, 0) is 0 Å². The Hall–Kier alpha value is -0.730. The molecule has 17 heavy (non-hydrogen) atoms. The van der Waals surface area contributed by atoms with Crippen LogP contribution in [0.15, 0.2) is 12.1 Å². The Morgan fingerprint density at radius 2 is 2.18 bits per heavy atom. The van der Waals surface area contributed by atoms with Gasteiger partial charge in [0.1, 0.15) is 5.75 Å². The quantitative estimate of drug-likeness (QED) is 0.890. The van der Waals surface area contributed by atoms with E-state index in [0.717, 1.165) is 23.9 Å². The van der Waals surface area contributed by atoms with Gasteiger partial charge in [-0.05, 0) is 42.0 Å². The van der Waals surface area contributed by atoms with Crippen molar-refractivity contribution in [1.29, 1.82) is 0 Å². The summed E-state index contributed by atoms with van der Waals surface area (Å²) < 4.78 is 5.41. The maximum atomic E-state index is 6.31. The smallest absolute Gasteiger partial charge is 0.140 e. The predicted molar refractivity (Wildman–Crippen MR) is 72.3 cm³/mol. The lowest BCUT2D eigenvalue weighted by Gasteiger charge is -2.18. The van der Waals surface area contributed by atoms with Gasteiger partial charge in [-0.25, -0.2) is 0 Å². The van der Waals surface area contributed by atoms with Crippen molar-refractivity contribution in [2.45, 2.75) is 32.1 Å². The largest absolute Gasteiger partial charge is 0.495 e. The molecule has 1 saturated heterocycles. The molecule has 3 heteroatoms. The first-order valence-corrected chi connectivity index (χ1v) is 6.59. The molecule has 1 aromatic rings. The van der Waals surface area contributed by atoms with Crippen LogP contribution in [0.1, 0.15) is 43.2 Å². The van der Waals surface area contributed by atoms with Crippen LogP contribution in [0.25, 0.3) is 0 Å². The van der Waals surface area contributed by atoms with Crippen molar-refractivity contribution in [3.05, 3.63) is 28.3 Å².